The lowest BCUT2D eigenvalue weighted by Gasteiger charge is -2.16. The van der Waals surface area contributed by atoms with E-state index in [2.05, 4.69) is 24.5 Å². The van der Waals surface area contributed by atoms with Crippen LogP contribution in [-0.4, -0.2) is 38.3 Å². The first kappa shape index (κ1) is 14.4. The van der Waals surface area contributed by atoms with Crippen molar-refractivity contribution in [3.63, 3.8) is 0 Å². The van der Waals surface area contributed by atoms with Crippen LogP contribution in [0.25, 0.3) is 0 Å². The maximum absolute atomic E-state index is 11.5. The number of hydrogen-bond donors (Lipinski definition) is 2. The molecule has 0 aromatic heterocycles. The molecule has 0 fully saturated rings. The van der Waals surface area contributed by atoms with E-state index < -0.39 is 0 Å². The molecule has 0 rings (SSSR count). The molecule has 0 aliphatic heterocycles. The highest BCUT2D eigenvalue weighted by Gasteiger charge is 2.09. The molecule has 0 heterocycles. The summed E-state index contributed by atoms with van der Waals surface area (Å²) in [5.74, 6) is 0.0899. The molecule has 0 aliphatic carbocycles. The number of hydrogen-bond acceptors (Lipinski definition) is 3. The fourth-order valence-electron chi connectivity index (χ4n) is 1.24. The molecule has 1 amide bonds. The Bertz CT molecular complexity index is 172. The zero-order valence-corrected chi connectivity index (χ0v) is 10.3. The van der Waals surface area contributed by atoms with Crippen molar-refractivity contribution in [3.8, 4) is 0 Å². The number of amides is 1. The number of ether oxygens (including phenoxy) is 1. The lowest BCUT2D eigenvalue weighted by Crippen LogP contribution is -2.39. The van der Waals surface area contributed by atoms with Crippen LogP contribution in [0.3, 0.4) is 0 Å². The first-order chi connectivity index (χ1) is 7.10. The van der Waals surface area contributed by atoms with Gasteiger partial charge in [-0.25, -0.2) is 0 Å². The third kappa shape index (κ3) is 8.39. The molecule has 4 heteroatoms. The van der Waals surface area contributed by atoms with Crippen LogP contribution >= 0.6 is 0 Å². The van der Waals surface area contributed by atoms with Crippen LogP contribution < -0.4 is 10.6 Å². The lowest BCUT2D eigenvalue weighted by atomic mass is 10.2. The van der Waals surface area contributed by atoms with Crippen molar-refractivity contribution < 1.29 is 9.53 Å². The molecule has 0 spiro atoms. The van der Waals surface area contributed by atoms with E-state index in [-0.39, 0.29) is 11.9 Å². The second-order valence-corrected chi connectivity index (χ2v) is 3.99. The molecule has 15 heavy (non-hydrogen) atoms. The Kier molecular flexibility index (Phi) is 8.33. The van der Waals surface area contributed by atoms with Gasteiger partial charge in [-0.3, -0.25) is 4.79 Å². The second-order valence-electron chi connectivity index (χ2n) is 3.99. The third-order valence-electron chi connectivity index (χ3n) is 2.13. The van der Waals surface area contributed by atoms with Gasteiger partial charge in [0.1, 0.15) is 0 Å². The quantitative estimate of drug-likeness (QED) is 0.634. The van der Waals surface area contributed by atoms with Gasteiger partial charge < -0.3 is 15.4 Å². The van der Waals surface area contributed by atoms with Crippen LogP contribution in [-0.2, 0) is 9.53 Å². The summed E-state index contributed by atoms with van der Waals surface area (Å²) in [6, 6.07) is 0.570. The van der Waals surface area contributed by atoms with Crippen molar-refractivity contribution in [1.29, 1.82) is 0 Å². The predicted octanol–water partition coefficient (Wildman–Crippen LogP) is 0.916. The molecule has 1 unspecified atom stereocenters. The summed E-state index contributed by atoms with van der Waals surface area (Å²) in [5, 5.41) is 6.14. The van der Waals surface area contributed by atoms with Crippen molar-refractivity contribution in [2.24, 2.45) is 0 Å². The number of rotatable bonds is 8. The van der Waals surface area contributed by atoms with E-state index in [0.717, 1.165) is 13.0 Å². The normalized spacial score (nSPS) is 12.9. The molecule has 1 atom stereocenters. The van der Waals surface area contributed by atoms with E-state index in [1.165, 1.54) is 0 Å². The van der Waals surface area contributed by atoms with E-state index in [0.29, 0.717) is 19.1 Å². The van der Waals surface area contributed by atoms with Gasteiger partial charge >= 0.3 is 0 Å². The first-order valence-corrected chi connectivity index (χ1v) is 5.61. The molecule has 0 aromatic carbocycles. The molecule has 2 N–H and O–H groups in total. The molecule has 0 radical (unpaired) electrons. The summed E-state index contributed by atoms with van der Waals surface area (Å²) in [4.78, 5) is 11.5. The van der Waals surface area contributed by atoms with Gasteiger partial charge in [0.15, 0.2) is 0 Å². The van der Waals surface area contributed by atoms with Crippen LogP contribution in [0, 0.1) is 0 Å². The Morgan fingerprint density at radius 3 is 2.53 bits per heavy atom. The lowest BCUT2D eigenvalue weighted by molar-refractivity contribution is -0.122. The van der Waals surface area contributed by atoms with Gasteiger partial charge in [-0.05, 0) is 6.42 Å². The summed E-state index contributed by atoms with van der Waals surface area (Å²) in [7, 11) is 1.65. The van der Waals surface area contributed by atoms with Gasteiger partial charge in [0, 0.05) is 26.1 Å². The first-order valence-electron chi connectivity index (χ1n) is 5.61. The number of nitrogens with one attached hydrogen (secondary N) is 2. The predicted molar refractivity (Wildman–Crippen MR) is 61.9 cm³/mol. The molecule has 0 aromatic rings. The van der Waals surface area contributed by atoms with Crippen molar-refractivity contribution >= 4 is 5.91 Å². The minimum Gasteiger partial charge on any atom is -0.383 e. The van der Waals surface area contributed by atoms with E-state index in [9.17, 15) is 4.79 Å². The fourth-order valence-corrected chi connectivity index (χ4v) is 1.24. The molecular formula is C11H24N2O2. The number of carbonyl (C=O) groups is 1. The van der Waals surface area contributed by atoms with Crippen molar-refractivity contribution in [2.45, 2.75) is 45.7 Å². The summed E-state index contributed by atoms with van der Waals surface area (Å²) in [6.07, 6.45) is 1.43. The maximum Gasteiger partial charge on any atom is 0.221 e. The number of carbonyl (C=O) groups excluding carboxylic acids is 1. The van der Waals surface area contributed by atoms with Crippen molar-refractivity contribution in [2.75, 3.05) is 20.3 Å². The summed E-state index contributed by atoms with van der Waals surface area (Å²) < 4.78 is 5.01. The molecule has 4 nitrogen and oxygen atoms in total. The fraction of sp³-hybridized carbons (Fsp3) is 0.909. The van der Waals surface area contributed by atoms with Crippen LogP contribution in [0.5, 0.6) is 0 Å². The largest absolute Gasteiger partial charge is 0.383 e. The number of methoxy groups -OCH3 is 1. The van der Waals surface area contributed by atoms with E-state index >= 15 is 0 Å². The van der Waals surface area contributed by atoms with E-state index in [4.69, 9.17) is 4.74 Å². The Morgan fingerprint density at radius 1 is 1.40 bits per heavy atom. The van der Waals surface area contributed by atoms with Crippen molar-refractivity contribution in [1.82, 2.24) is 10.6 Å². The van der Waals surface area contributed by atoms with Gasteiger partial charge in [0.05, 0.1) is 12.6 Å². The van der Waals surface area contributed by atoms with Gasteiger partial charge in [-0.2, -0.15) is 0 Å². The zero-order valence-electron chi connectivity index (χ0n) is 10.3. The standard InChI is InChI=1S/C11H24N2O2/c1-5-10(8-15-4)13-11(14)6-7-12-9(2)3/h9-10,12H,5-8H2,1-4H3,(H,13,14). The molecule has 0 saturated heterocycles. The Labute approximate surface area is 92.8 Å². The monoisotopic (exact) mass is 216 g/mol. The SMILES string of the molecule is CCC(COC)NC(=O)CCNC(C)C. The smallest absolute Gasteiger partial charge is 0.221 e. The Morgan fingerprint density at radius 2 is 2.07 bits per heavy atom. The van der Waals surface area contributed by atoms with Crippen LogP contribution in [0.4, 0.5) is 0 Å². The third-order valence-corrected chi connectivity index (χ3v) is 2.13. The topological polar surface area (TPSA) is 50.4 Å². The molecule has 0 aliphatic rings. The molecule has 0 bridgehead atoms. The minimum absolute atomic E-state index is 0.0899. The van der Waals surface area contributed by atoms with E-state index in [1.807, 2.05) is 6.92 Å². The van der Waals surface area contributed by atoms with E-state index in [1.54, 1.807) is 7.11 Å². The van der Waals surface area contributed by atoms with Crippen LogP contribution in [0.1, 0.15) is 33.6 Å². The van der Waals surface area contributed by atoms with Crippen LogP contribution in [0.15, 0.2) is 0 Å². The van der Waals surface area contributed by atoms with Gasteiger partial charge in [0.25, 0.3) is 0 Å². The molecule has 90 valence electrons. The zero-order chi connectivity index (χ0) is 11.7. The van der Waals surface area contributed by atoms with Gasteiger partial charge in [0.2, 0.25) is 5.91 Å². The summed E-state index contributed by atoms with van der Waals surface area (Å²) in [5.41, 5.74) is 0. The molecular weight excluding hydrogens is 192 g/mol. The summed E-state index contributed by atoms with van der Waals surface area (Å²) in [6.45, 7) is 7.48. The summed E-state index contributed by atoms with van der Waals surface area (Å²) >= 11 is 0. The highest BCUT2D eigenvalue weighted by molar-refractivity contribution is 5.76. The average molecular weight is 216 g/mol. The second kappa shape index (κ2) is 8.68. The Hall–Kier alpha value is -0.610. The van der Waals surface area contributed by atoms with Crippen LogP contribution in [0.2, 0.25) is 0 Å². The Balaban J connectivity index is 3.61. The molecule has 0 saturated carbocycles. The average Bonchev–Trinajstić information content (AvgIpc) is 2.16. The van der Waals surface area contributed by atoms with Gasteiger partial charge in [-0.1, -0.05) is 20.8 Å². The highest BCUT2D eigenvalue weighted by atomic mass is 16.5. The minimum atomic E-state index is 0.0899. The maximum atomic E-state index is 11.5. The highest BCUT2D eigenvalue weighted by Crippen LogP contribution is 1.92. The van der Waals surface area contributed by atoms with Gasteiger partial charge in [-0.15, -0.1) is 0 Å². The van der Waals surface area contributed by atoms with Crippen molar-refractivity contribution in [3.05, 3.63) is 0 Å².